The molecule has 14 heteroatoms. The van der Waals surface area contributed by atoms with Gasteiger partial charge in [0.2, 0.25) is 0 Å². The summed E-state index contributed by atoms with van der Waals surface area (Å²) in [6.07, 6.45) is -2.96. The lowest BCUT2D eigenvalue weighted by Gasteiger charge is -2.11. The molecule has 4 aromatic rings. The number of nitrogens with zero attached hydrogens (tertiary/aromatic N) is 1. The zero-order valence-electron chi connectivity index (χ0n) is 19.8. The van der Waals surface area contributed by atoms with Crippen molar-refractivity contribution in [1.82, 2.24) is 10.3 Å². The van der Waals surface area contributed by atoms with Gasteiger partial charge in [-0.3, -0.25) is 9.50 Å². The number of alkyl halides is 3. The van der Waals surface area contributed by atoms with Crippen LogP contribution in [0.3, 0.4) is 0 Å². The number of nitrogens with one attached hydrogen (secondary N) is 3. The molecule has 0 spiro atoms. The highest BCUT2D eigenvalue weighted by molar-refractivity contribution is 7.74. The second-order valence-electron chi connectivity index (χ2n) is 7.84. The molecule has 4 rings (SSSR count). The topological polar surface area (TPSA) is 141 Å². The van der Waals surface area contributed by atoms with Crippen LogP contribution in [0.5, 0.6) is 0 Å². The van der Waals surface area contributed by atoms with E-state index in [-0.39, 0.29) is 19.0 Å². The minimum absolute atomic E-state index is 0.00794. The zero-order chi connectivity index (χ0) is 28.0. The van der Waals surface area contributed by atoms with Crippen molar-refractivity contribution in [3.8, 4) is 23.0 Å². The third-order valence-corrected chi connectivity index (χ3v) is 6.54. The zero-order valence-corrected chi connectivity index (χ0v) is 21.4. The third-order valence-electron chi connectivity index (χ3n) is 5.22. The maximum Gasteiger partial charge on any atom is 0.416 e. The van der Waals surface area contributed by atoms with Crippen molar-refractivity contribution in [1.29, 1.82) is 0 Å². The number of carbonyl (C=O) groups is 1. The van der Waals surface area contributed by atoms with Gasteiger partial charge in [0.05, 0.1) is 33.7 Å². The lowest BCUT2D eigenvalue weighted by atomic mass is 10.0. The van der Waals surface area contributed by atoms with Gasteiger partial charge in [0, 0.05) is 28.5 Å². The van der Waals surface area contributed by atoms with Gasteiger partial charge < -0.3 is 20.9 Å². The van der Waals surface area contributed by atoms with Crippen LogP contribution in [0.1, 0.15) is 11.1 Å². The molecule has 2 aromatic carbocycles. The largest absolute Gasteiger partial charge is 0.750 e. The monoisotopic (exact) mass is 574 g/mol. The van der Waals surface area contributed by atoms with Crippen molar-refractivity contribution >= 4 is 56.0 Å². The number of aromatic nitrogens is 1. The molecular formula is C25H19F3N5O4S2-. The number of benzene rings is 2. The molecule has 0 aliphatic heterocycles. The smallest absolute Gasteiger partial charge is 0.416 e. The molecule has 0 saturated carbocycles. The predicted molar refractivity (Wildman–Crippen MR) is 143 cm³/mol. The summed E-state index contributed by atoms with van der Waals surface area (Å²) in [5, 5.41) is 10.3. The van der Waals surface area contributed by atoms with Gasteiger partial charge in [0.25, 0.3) is 0 Å². The highest BCUT2D eigenvalue weighted by atomic mass is 32.2. The summed E-state index contributed by atoms with van der Waals surface area (Å²) in [6, 6.07) is 10.5. The summed E-state index contributed by atoms with van der Waals surface area (Å²) < 4.78 is 64.6. The number of rotatable bonds is 7. The maximum absolute atomic E-state index is 12.9. The Balaban J connectivity index is 1.45. The van der Waals surface area contributed by atoms with Gasteiger partial charge in [-0.25, -0.2) is 14.0 Å². The fourth-order valence-electron chi connectivity index (χ4n) is 3.51. The number of amides is 2. The van der Waals surface area contributed by atoms with Gasteiger partial charge in [0.1, 0.15) is 12.5 Å². The first-order chi connectivity index (χ1) is 18.6. The number of halogens is 3. The van der Waals surface area contributed by atoms with Crippen LogP contribution in [-0.4, -0.2) is 33.1 Å². The molecule has 1 atom stereocenters. The fourth-order valence-corrected chi connectivity index (χ4v) is 4.74. The summed E-state index contributed by atoms with van der Waals surface area (Å²) in [5.74, 6) is 6.17. The van der Waals surface area contributed by atoms with Crippen LogP contribution in [0.25, 0.3) is 21.2 Å². The van der Waals surface area contributed by atoms with Crippen LogP contribution in [0.15, 0.2) is 60.1 Å². The van der Waals surface area contributed by atoms with E-state index in [1.165, 1.54) is 23.5 Å². The maximum atomic E-state index is 12.9. The van der Waals surface area contributed by atoms with Crippen molar-refractivity contribution in [3.05, 3.63) is 71.2 Å². The van der Waals surface area contributed by atoms with E-state index >= 15 is 0 Å². The number of urea groups is 1. The molecule has 0 saturated heterocycles. The van der Waals surface area contributed by atoms with E-state index < -0.39 is 29.1 Å². The Morgan fingerprint density at radius 3 is 2.62 bits per heavy atom. The first-order valence-electron chi connectivity index (χ1n) is 11.1. The van der Waals surface area contributed by atoms with Gasteiger partial charge in [-0.05, 0) is 41.3 Å². The average molecular weight is 575 g/mol. The number of hydrogen-bond donors (Lipinski definition) is 4. The number of nitrogen functional groups attached to an aromatic ring is 1. The molecule has 2 aromatic heterocycles. The minimum Gasteiger partial charge on any atom is -0.750 e. The Hall–Kier alpha value is -4.00. The molecule has 2 heterocycles. The summed E-state index contributed by atoms with van der Waals surface area (Å²) in [7, 11) is 0. The lowest BCUT2D eigenvalue weighted by molar-refractivity contribution is -0.137. The summed E-state index contributed by atoms with van der Waals surface area (Å²) in [6.45, 7) is -0.00178. The molecule has 2 amide bonds. The van der Waals surface area contributed by atoms with Gasteiger partial charge >= 0.3 is 12.2 Å². The summed E-state index contributed by atoms with van der Waals surface area (Å²) >= 11 is -1.17. The van der Waals surface area contributed by atoms with E-state index in [9.17, 15) is 26.7 Å². The number of carbonyl (C=O) groups excluding carboxylic acids is 1. The Morgan fingerprint density at radius 1 is 1.15 bits per heavy atom. The lowest BCUT2D eigenvalue weighted by Crippen LogP contribution is -2.19. The van der Waals surface area contributed by atoms with Gasteiger partial charge in [-0.1, -0.05) is 30.0 Å². The number of pyridine rings is 1. The normalized spacial score (nSPS) is 12.0. The standard InChI is InChI=1S/C25H20F3N5O4S2/c26-25(27,28)17-4-1-5-19(11-17)33-24(34)32-18-8-6-15(7-9-18)20-13-38-22-16(12-31-23(29)21(20)22)3-2-10-30-14-37-39(35)36/h1,4-9,11-13,30H,10,14H2,(H2,29,31)(H,35,36)(H2,32,33,34)/p-1. The van der Waals surface area contributed by atoms with Crippen LogP contribution in [0.4, 0.5) is 35.2 Å². The highest BCUT2D eigenvalue weighted by Gasteiger charge is 2.30. The van der Waals surface area contributed by atoms with E-state index in [0.717, 1.165) is 28.0 Å². The van der Waals surface area contributed by atoms with E-state index in [0.29, 0.717) is 22.5 Å². The summed E-state index contributed by atoms with van der Waals surface area (Å²) in [5.41, 5.74) is 7.99. The first kappa shape index (κ1) is 28.0. The number of thiophene rings is 1. The van der Waals surface area contributed by atoms with Crippen LogP contribution in [-0.2, 0) is 21.7 Å². The summed E-state index contributed by atoms with van der Waals surface area (Å²) in [4.78, 5) is 16.6. The number of anilines is 3. The number of hydrogen-bond acceptors (Lipinski definition) is 8. The average Bonchev–Trinajstić information content (AvgIpc) is 3.33. The quantitative estimate of drug-likeness (QED) is 0.106. The molecule has 0 fully saturated rings. The van der Waals surface area contributed by atoms with E-state index in [1.807, 2.05) is 5.38 Å². The molecule has 0 bridgehead atoms. The van der Waals surface area contributed by atoms with Crippen LogP contribution in [0, 0.1) is 11.8 Å². The van der Waals surface area contributed by atoms with Crippen molar-refractivity contribution < 1.29 is 30.9 Å². The molecule has 202 valence electrons. The van der Waals surface area contributed by atoms with E-state index in [1.54, 1.807) is 30.5 Å². The first-order valence-corrected chi connectivity index (χ1v) is 12.9. The Morgan fingerprint density at radius 2 is 1.90 bits per heavy atom. The van der Waals surface area contributed by atoms with Crippen LogP contribution < -0.4 is 21.7 Å². The van der Waals surface area contributed by atoms with Crippen molar-refractivity contribution in [2.45, 2.75) is 6.18 Å². The SMILES string of the molecule is Nc1ncc(C#CCNCOS(=O)[O-])c2scc(-c3ccc(NC(=O)Nc4cccc(C(F)(F)F)c4)cc3)c12. The van der Waals surface area contributed by atoms with Crippen LogP contribution in [0.2, 0.25) is 0 Å². The molecule has 0 radical (unpaired) electrons. The number of fused-ring (bicyclic) bond motifs is 1. The minimum atomic E-state index is -4.52. The molecule has 39 heavy (non-hydrogen) atoms. The van der Waals surface area contributed by atoms with Crippen molar-refractivity contribution in [3.63, 3.8) is 0 Å². The third kappa shape index (κ3) is 7.31. The molecular weight excluding hydrogens is 555 g/mol. The molecule has 5 N–H and O–H groups in total. The van der Waals surface area contributed by atoms with Gasteiger partial charge in [0.15, 0.2) is 0 Å². The molecule has 0 aliphatic carbocycles. The highest BCUT2D eigenvalue weighted by Crippen LogP contribution is 2.38. The number of nitrogens with two attached hydrogens (primary N) is 1. The van der Waals surface area contributed by atoms with Crippen molar-refractivity contribution in [2.24, 2.45) is 0 Å². The van der Waals surface area contributed by atoms with E-state index in [4.69, 9.17) is 5.73 Å². The van der Waals surface area contributed by atoms with Crippen molar-refractivity contribution in [2.75, 3.05) is 29.6 Å². The van der Waals surface area contributed by atoms with E-state index in [2.05, 4.69) is 37.0 Å². The molecule has 0 aliphatic rings. The van der Waals surface area contributed by atoms with Crippen LogP contribution >= 0.6 is 11.3 Å². The Bertz CT molecular complexity index is 1580. The second-order valence-corrected chi connectivity index (χ2v) is 9.36. The molecule has 1 unspecified atom stereocenters. The molecule has 9 nitrogen and oxygen atoms in total. The van der Waals surface area contributed by atoms with Gasteiger partial charge in [-0.15, -0.1) is 11.3 Å². The second kappa shape index (κ2) is 12.2. The van der Waals surface area contributed by atoms with Gasteiger partial charge in [-0.2, -0.15) is 13.2 Å². The predicted octanol–water partition coefficient (Wildman–Crippen LogP) is 4.92. The Labute approximate surface area is 227 Å². The Kier molecular flexibility index (Phi) is 8.79. The fraction of sp³-hybridized carbons (Fsp3) is 0.120.